The molecule has 0 fully saturated rings. The van der Waals surface area contributed by atoms with Crippen LogP contribution in [0.3, 0.4) is 0 Å². The van der Waals surface area contributed by atoms with E-state index in [-0.39, 0.29) is 5.92 Å². The first-order valence-corrected chi connectivity index (χ1v) is 6.33. The van der Waals surface area contributed by atoms with Gasteiger partial charge in [0.25, 0.3) is 0 Å². The first-order valence-electron chi connectivity index (χ1n) is 6.33. The van der Waals surface area contributed by atoms with E-state index >= 15 is 0 Å². The summed E-state index contributed by atoms with van der Waals surface area (Å²) in [5, 5.41) is 10.5. The molecular weight excluding hydrogens is 204 g/mol. The molecule has 0 aromatic rings. The van der Waals surface area contributed by atoms with Crippen molar-refractivity contribution in [2.45, 2.75) is 59.5 Å². The third-order valence-corrected chi connectivity index (χ3v) is 3.51. The Kier molecular flexibility index (Phi) is 6.65. The van der Waals surface area contributed by atoms with Crippen molar-refractivity contribution < 1.29 is 14.6 Å². The van der Waals surface area contributed by atoms with Crippen molar-refractivity contribution in [2.75, 3.05) is 6.61 Å². The lowest BCUT2D eigenvalue weighted by Gasteiger charge is -2.35. The van der Waals surface area contributed by atoms with Gasteiger partial charge in [-0.25, -0.2) is 4.79 Å². The highest BCUT2D eigenvalue weighted by molar-refractivity contribution is 5.79. The SMILES string of the molecule is CCCC(O)(C(=O)OCC)C(C)C(C)CC. The molecule has 0 radical (unpaired) electrons. The number of carbonyl (C=O) groups excluding carboxylic acids is 1. The molecule has 0 saturated heterocycles. The maximum absolute atomic E-state index is 11.8. The molecule has 0 saturated carbocycles. The molecule has 3 atom stereocenters. The van der Waals surface area contributed by atoms with E-state index in [1.165, 1.54) is 0 Å². The lowest BCUT2D eigenvalue weighted by molar-refractivity contribution is -0.174. The smallest absolute Gasteiger partial charge is 0.338 e. The highest BCUT2D eigenvalue weighted by Gasteiger charge is 2.43. The van der Waals surface area contributed by atoms with E-state index in [4.69, 9.17) is 4.74 Å². The van der Waals surface area contributed by atoms with Crippen LogP contribution in [0.2, 0.25) is 0 Å². The molecule has 0 aromatic heterocycles. The van der Waals surface area contributed by atoms with E-state index in [1.807, 2.05) is 13.8 Å². The fraction of sp³-hybridized carbons (Fsp3) is 0.923. The Morgan fingerprint density at radius 3 is 2.25 bits per heavy atom. The van der Waals surface area contributed by atoms with Gasteiger partial charge in [0.15, 0.2) is 5.60 Å². The molecule has 3 nitrogen and oxygen atoms in total. The van der Waals surface area contributed by atoms with Gasteiger partial charge in [-0.3, -0.25) is 0 Å². The van der Waals surface area contributed by atoms with Gasteiger partial charge in [-0.05, 0) is 25.2 Å². The average Bonchev–Trinajstić information content (AvgIpc) is 2.27. The predicted molar refractivity (Wildman–Crippen MR) is 65.1 cm³/mol. The predicted octanol–water partition coefficient (Wildman–Crippen LogP) is 2.76. The van der Waals surface area contributed by atoms with Crippen LogP contribution in [0.4, 0.5) is 0 Å². The second-order valence-electron chi connectivity index (χ2n) is 4.57. The number of hydrogen-bond donors (Lipinski definition) is 1. The van der Waals surface area contributed by atoms with Gasteiger partial charge in [0, 0.05) is 0 Å². The second kappa shape index (κ2) is 6.89. The zero-order chi connectivity index (χ0) is 12.8. The van der Waals surface area contributed by atoms with Crippen LogP contribution in [0.5, 0.6) is 0 Å². The highest BCUT2D eigenvalue weighted by Crippen LogP contribution is 2.32. The topological polar surface area (TPSA) is 46.5 Å². The number of ether oxygens (including phenoxy) is 1. The summed E-state index contributed by atoms with van der Waals surface area (Å²) >= 11 is 0. The van der Waals surface area contributed by atoms with Crippen LogP contribution in [-0.4, -0.2) is 23.3 Å². The van der Waals surface area contributed by atoms with Crippen LogP contribution in [0.1, 0.15) is 53.9 Å². The Hall–Kier alpha value is -0.570. The summed E-state index contributed by atoms with van der Waals surface area (Å²) in [5.74, 6) is -0.234. The second-order valence-corrected chi connectivity index (χ2v) is 4.57. The summed E-state index contributed by atoms with van der Waals surface area (Å²) in [7, 11) is 0. The molecule has 1 N–H and O–H groups in total. The van der Waals surface area contributed by atoms with Gasteiger partial charge >= 0.3 is 5.97 Å². The lowest BCUT2D eigenvalue weighted by atomic mass is 9.76. The molecule has 16 heavy (non-hydrogen) atoms. The molecule has 0 rings (SSSR count). The summed E-state index contributed by atoms with van der Waals surface area (Å²) in [6.07, 6.45) is 2.19. The fourth-order valence-corrected chi connectivity index (χ4v) is 1.98. The Bertz CT molecular complexity index is 215. The van der Waals surface area contributed by atoms with Crippen LogP contribution < -0.4 is 0 Å². The van der Waals surface area contributed by atoms with E-state index in [2.05, 4.69) is 13.8 Å². The minimum Gasteiger partial charge on any atom is -0.464 e. The maximum Gasteiger partial charge on any atom is 0.338 e. The Balaban J connectivity index is 4.85. The van der Waals surface area contributed by atoms with E-state index < -0.39 is 11.6 Å². The van der Waals surface area contributed by atoms with Crippen LogP contribution in [-0.2, 0) is 9.53 Å². The van der Waals surface area contributed by atoms with Crippen molar-refractivity contribution in [3.63, 3.8) is 0 Å². The first-order chi connectivity index (χ1) is 7.43. The Labute approximate surface area is 99.2 Å². The molecule has 0 aromatic carbocycles. The van der Waals surface area contributed by atoms with Crippen molar-refractivity contribution in [3.05, 3.63) is 0 Å². The Morgan fingerprint density at radius 1 is 1.31 bits per heavy atom. The third-order valence-electron chi connectivity index (χ3n) is 3.51. The summed E-state index contributed by atoms with van der Waals surface area (Å²) in [5.41, 5.74) is -1.32. The monoisotopic (exact) mass is 230 g/mol. The zero-order valence-corrected chi connectivity index (χ0v) is 11.2. The molecule has 0 spiro atoms. The van der Waals surface area contributed by atoms with Gasteiger partial charge in [0.2, 0.25) is 0 Å². The maximum atomic E-state index is 11.8. The standard InChI is InChI=1S/C13H26O3/c1-6-9-13(15,12(14)16-8-3)11(5)10(4)7-2/h10-11,15H,6-9H2,1-5H3. The van der Waals surface area contributed by atoms with Gasteiger partial charge in [0.1, 0.15) is 0 Å². The van der Waals surface area contributed by atoms with Gasteiger partial charge in [-0.2, -0.15) is 0 Å². The van der Waals surface area contributed by atoms with Gasteiger partial charge < -0.3 is 9.84 Å². The van der Waals surface area contributed by atoms with Gasteiger partial charge in [0.05, 0.1) is 6.61 Å². The van der Waals surface area contributed by atoms with Crippen LogP contribution >= 0.6 is 0 Å². The number of carbonyl (C=O) groups is 1. The summed E-state index contributed by atoms with van der Waals surface area (Å²) in [6, 6.07) is 0. The van der Waals surface area contributed by atoms with E-state index in [1.54, 1.807) is 6.92 Å². The Morgan fingerprint density at radius 2 is 1.88 bits per heavy atom. The quantitative estimate of drug-likeness (QED) is 0.684. The molecule has 0 amide bonds. The lowest BCUT2D eigenvalue weighted by Crippen LogP contribution is -2.48. The summed E-state index contributed by atoms with van der Waals surface area (Å²) in [4.78, 5) is 11.8. The van der Waals surface area contributed by atoms with Crippen LogP contribution in [0.25, 0.3) is 0 Å². The average molecular weight is 230 g/mol. The van der Waals surface area contributed by atoms with Gasteiger partial charge in [-0.1, -0.05) is 40.5 Å². The third kappa shape index (κ3) is 3.48. The molecule has 0 heterocycles. The summed E-state index contributed by atoms with van der Waals surface area (Å²) in [6.45, 7) is 10.1. The molecule has 0 aliphatic heterocycles. The number of hydrogen-bond acceptors (Lipinski definition) is 3. The largest absolute Gasteiger partial charge is 0.464 e. The van der Waals surface area contributed by atoms with E-state index in [0.717, 1.165) is 12.8 Å². The number of esters is 1. The van der Waals surface area contributed by atoms with Crippen molar-refractivity contribution in [1.82, 2.24) is 0 Å². The van der Waals surface area contributed by atoms with Crippen LogP contribution in [0.15, 0.2) is 0 Å². The van der Waals surface area contributed by atoms with Crippen molar-refractivity contribution in [3.8, 4) is 0 Å². The van der Waals surface area contributed by atoms with Gasteiger partial charge in [-0.15, -0.1) is 0 Å². The van der Waals surface area contributed by atoms with Crippen molar-refractivity contribution in [1.29, 1.82) is 0 Å². The molecule has 0 aliphatic rings. The normalized spacial score (nSPS) is 18.6. The molecule has 3 unspecified atom stereocenters. The van der Waals surface area contributed by atoms with Crippen molar-refractivity contribution >= 4 is 5.97 Å². The van der Waals surface area contributed by atoms with E-state index in [9.17, 15) is 9.90 Å². The molecule has 0 aliphatic carbocycles. The first kappa shape index (κ1) is 15.4. The molecule has 0 bridgehead atoms. The molecular formula is C13H26O3. The number of rotatable bonds is 7. The van der Waals surface area contributed by atoms with Crippen LogP contribution in [0, 0.1) is 11.8 Å². The molecule has 3 heteroatoms. The van der Waals surface area contributed by atoms with E-state index in [0.29, 0.717) is 18.9 Å². The zero-order valence-electron chi connectivity index (χ0n) is 11.2. The van der Waals surface area contributed by atoms with Crippen molar-refractivity contribution in [2.24, 2.45) is 11.8 Å². The fourth-order valence-electron chi connectivity index (χ4n) is 1.98. The molecule has 96 valence electrons. The minimum absolute atomic E-state index is 0.0727. The summed E-state index contributed by atoms with van der Waals surface area (Å²) < 4.78 is 4.99. The number of aliphatic hydroxyl groups is 1. The minimum atomic E-state index is -1.32. The highest BCUT2D eigenvalue weighted by atomic mass is 16.5.